The molecule has 0 atom stereocenters. The van der Waals surface area contributed by atoms with Gasteiger partial charge in [0.1, 0.15) is 0 Å². The summed E-state index contributed by atoms with van der Waals surface area (Å²) in [4.78, 5) is 0. The van der Waals surface area contributed by atoms with Crippen LogP contribution in [0.15, 0.2) is 60.7 Å². The maximum absolute atomic E-state index is 6.41. The highest BCUT2D eigenvalue weighted by Gasteiger charge is 2.41. The van der Waals surface area contributed by atoms with Gasteiger partial charge in [-0.25, -0.2) is 0 Å². The molecule has 4 heteroatoms. The normalized spacial score (nSPS) is 11.8. The van der Waals surface area contributed by atoms with Crippen LogP contribution < -0.4 is 10.4 Å². The highest BCUT2D eigenvalue weighted by molar-refractivity contribution is 6.95. The molecule has 0 radical (unpaired) electrons. The highest BCUT2D eigenvalue weighted by Crippen LogP contribution is 2.10. The largest absolute Gasteiger partial charge is 0.432 e. The van der Waals surface area contributed by atoms with Crippen LogP contribution in [0.5, 0.6) is 0 Å². The van der Waals surface area contributed by atoms with Crippen LogP contribution in [0.1, 0.15) is 0 Å². The van der Waals surface area contributed by atoms with Crippen molar-refractivity contribution < 1.29 is 8.54 Å². The van der Waals surface area contributed by atoms with Crippen LogP contribution in [-0.2, 0) is 8.54 Å². The van der Waals surface area contributed by atoms with E-state index in [2.05, 4.69) is 37.4 Å². The summed E-state index contributed by atoms with van der Waals surface area (Å²) < 4.78 is 12.4. The first kappa shape index (κ1) is 14.2. The summed E-state index contributed by atoms with van der Waals surface area (Å²) in [6, 6.07) is 20.7. The topological polar surface area (TPSA) is 18.5 Å². The number of hydrogen-bond acceptors (Lipinski definition) is 2. The van der Waals surface area contributed by atoms with E-state index >= 15 is 0 Å². The first-order valence-electron chi connectivity index (χ1n) is 6.53. The Kier molecular flexibility index (Phi) is 4.71. The molecule has 0 aliphatic heterocycles. The molecule has 0 spiro atoms. The molecule has 2 rings (SSSR count). The molecule has 0 aliphatic carbocycles. The molecule has 2 nitrogen and oxygen atoms in total. The second-order valence-electron chi connectivity index (χ2n) is 4.72. The molecule has 0 saturated heterocycles. The van der Waals surface area contributed by atoms with Gasteiger partial charge in [-0.3, -0.25) is 0 Å². The average Bonchev–Trinajstić information content (AvgIpc) is 2.46. The lowest BCUT2D eigenvalue weighted by Crippen LogP contribution is -2.64. The third-order valence-electron chi connectivity index (χ3n) is 3.00. The Hall–Kier alpha value is -1.21. The second kappa shape index (κ2) is 6.30. The molecule has 0 unspecified atom stereocenters. The summed E-state index contributed by atoms with van der Waals surface area (Å²) in [5.41, 5.74) is 0. The van der Waals surface area contributed by atoms with Gasteiger partial charge in [0, 0.05) is 7.11 Å². The van der Waals surface area contributed by atoms with Crippen LogP contribution in [0.2, 0.25) is 13.1 Å². The van der Waals surface area contributed by atoms with Crippen molar-refractivity contribution in [2.75, 3.05) is 7.11 Å². The highest BCUT2D eigenvalue weighted by atomic mass is 28.4. The minimum Gasteiger partial charge on any atom is -0.432 e. The fraction of sp³-hybridized carbons (Fsp3) is 0.200. The summed E-state index contributed by atoms with van der Waals surface area (Å²) in [6.45, 7) is 4.37. The van der Waals surface area contributed by atoms with Gasteiger partial charge in [0.2, 0.25) is 0 Å². The van der Waals surface area contributed by atoms with Crippen molar-refractivity contribution in [2.24, 2.45) is 0 Å². The van der Waals surface area contributed by atoms with Gasteiger partial charge in [-0.15, -0.1) is 0 Å². The predicted molar refractivity (Wildman–Crippen MR) is 84.9 cm³/mol. The SMILES string of the molecule is CO[Si](O[SiH](C)C)(c1ccccc1)c1ccccc1. The fourth-order valence-electron chi connectivity index (χ4n) is 2.23. The van der Waals surface area contributed by atoms with Crippen molar-refractivity contribution in [1.29, 1.82) is 0 Å². The van der Waals surface area contributed by atoms with Crippen molar-refractivity contribution in [3.05, 3.63) is 60.7 Å². The molecule has 0 fully saturated rings. The van der Waals surface area contributed by atoms with Crippen molar-refractivity contribution >= 4 is 28.0 Å². The Morgan fingerprint density at radius 1 is 0.789 bits per heavy atom. The van der Waals surface area contributed by atoms with E-state index in [1.165, 1.54) is 10.4 Å². The second-order valence-corrected chi connectivity index (χ2v) is 10.6. The molecule has 2 aromatic carbocycles. The van der Waals surface area contributed by atoms with E-state index in [1.54, 1.807) is 7.11 Å². The Morgan fingerprint density at radius 3 is 1.53 bits per heavy atom. The van der Waals surface area contributed by atoms with E-state index in [0.29, 0.717) is 0 Å². The zero-order valence-electron chi connectivity index (χ0n) is 11.7. The molecule has 19 heavy (non-hydrogen) atoms. The maximum Gasteiger partial charge on any atom is 0.396 e. The predicted octanol–water partition coefficient (Wildman–Crippen LogP) is 1.89. The van der Waals surface area contributed by atoms with E-state index in [0.717, 1.165) is 0 Å². The molecule has 2 aromatic rings. The first-order chi connectivity index (χ1) is 9.19. The standard InChI is InChI=1S/C15H20O2Si2/c1-16-19(17-18(2)3,14-10-6-4-7-11-14)15-12-8-5-9-13-15/h4-13,18H,1-3H3. The maximum atomic E-state index is 6.41. The molecule has 100 valence electrons. The molecular formula is C15H20O2Si2. The molecule has 0 bridgehead atoms. The minimum absolute atomic E-state index is 1.17. The van der Waals surface area contributed by atoms with Gasteiger partial charge >= 0.3 is 8.56 Å². The van der Waals surface area contributed by atoms with Crippen molar-refractivity contribution in [1.82, 2.24) is 0 Å². The van der Waals surface area contributed by atoms with Gasteiger partial charge in [0.05, 0.1) is 0 Å². The summed E-state index contributed by atoms with van der Waals surface area (Å²) in [6.07, 6.45) is 0. The Bertz CT molecular complexity index is 461. The molecule has 0 N–H and O–H groups in total. The quantitative estimate of drug-likeness (QED) is 0.782. The first-order valence-corrected chi connectivity index (χ1v) is 11.1. The third kappa shape index (κ3) is 3.04. The summed E-state index contributed by atoms with van der Waals surface area (Å²) >= 11 is 0. The van der Waals surface area contributed by atoms with Crippen molar-refractivity contribution in [2.45, 2.75) is 13.1 Å². The van der Waals surface area contributed by atoms with E-state index in [-0.39, 0.29) is 0 Å². The molecule has 0 aromatic heterocycles. The minimum atomic E-state index is -2.52. The average molecular weight is 288 g/mol. The summed E-state index contributed by atoms with van der Waals surface area (Å²) in [7, 11) is -1.97. The van der Waals surface area contributed by atoms with E-state index in [1.807, 2.05) is 36.4 Å². The molecule has 0 heterocycles. The molecule has 0 aliphatic rings. The van der Waals surface area contributed by atoms with Crippen LogP contribution in [-0.4, -0.2) is 24.7 Å². The summed E-state index contributed by atoms with van der Waals surface area (Å²) in [5, 5.41) is 2.34. The zero-order chi connectivity index (χ0) is 13.7. The fourth-order valence-corrected chi connectivity index (χ4v) is 8.43. The lowest BCUT2D eigenvalue weighted by atomic mass is 10.4. The van der Waals surface area contributed by atoms with Gasteiger partial charge in [-0.2, -0.15) is 0 Å². The lowest BCUT2D eigenvalue weighted by molar-refractivity contribution is 0.332. The number of rotatable bonds is 5. The van der Waals surface area contributed by atoms with Gasteiger partial charge in [0.25, 0.3) is 0 Å². The molecular weight excluding hydrogens is 268 g/mol. The van der Waals surface area contributed by atoms with Gasteiger partial charge in [0.15, 0.2) is 9.04 Å². The van der Waals surface area contributed by atoms with E-state index in [4.69, 9.17) is 8.54 Å². The van der Waals surface area contributed by atoms with Gasteiger partial charge < -0.3 is 8.54 Å². The lowest BCUT2D eigenvalue weighted by Gasteiger charge is -2.32. The van der Waals surface area contributed by atoms with E-state index in [9.17, 15) is 0 Å². The molecule has 0 amide bonds. The van der Waals surface area contributed by atoms with Crippen molar-refractivity contribution in [3.8, 4) is 0 Å². The molecule has 0 saturated carbocycles. The zero-order valence-corrected chi connectivity index (χ0v) is 13.8. The smallest absolute Gasteiger partial charge is 0.396 e. The van der Waals surface area contributed by atoms with Crippen LogP contribution >= 0.6 is 0 Å². The van der Waals surface area contributed by atoms with Crippen LogP contribution in [0.3, 0.4) is 0 Å². The van der Waals surface area contributed by atoms with Crippen molar-refractivity contribution in [3.63, 3.8) is 0 Å². The number of hydrogen-bond donors (Lipinski definition) is 0. The van der Waals surface area contributed by atoms with Crippen LogP contribution in [0, 0.1) is 0 Å². The Morgan fingerprint density at radius 2 is 1.21 bits per heavy atom. The Balaban J connectivity index is 2.55. The van der Waals surface area contributed by atoms with Crippen LogP contribution in [0.4, 0.5) is 0 Å². The number of benzene rings is 2. The Labute approximate surface area is 118 Å². The van der Waals surface area contributed by atoms with E-state index < -0.39 is 17.6 Å². The van der Waals surface area contributed by atoms with Crippen LogP contribution in [0.25, 0.3) is 0 Å². The summed E-state index contributed by atoms with van der Waals surface area (Å²) in [5.74, 6) is 0. The van der Waals surface area contributed by atoms with Gasteiger partial charge in [-0.05, 0) is 23.5 Å². The monoisotopic (exact) mass is 288 g/mol. The third-order valence-corrected chi connectivity index (χ3v) is 8.97. The van der Waals surface area contributed by atoms with Gasteiger partial charge in [-0.1, -0.05) is 60.7 Å².